The molecule has 0 spiro atoms. The second-order valence-electron chi connectivity index (χ2n) is 12.1. The van der Waals surface area contributed by atoms with Gasteiger partial charge < -0.3 is 18.7 Å². The van der Waals surface area contributed by atoms with Crippen LogP contribution >= 0.6 is 11.9 Å². The standard InChI is InChI=1S/C34H33F3N2O5S/c1-41-33(40)23-13-14-25-20(15-23)5-4-8-29(25)45-39-30-21-11-12-22(30)17-24(16-21)42-18-27-31(38-44-32(27)19-9-10-19)26-6-2-3-7-28(26)43-34(35,36)37/h2-8,13-15,19,21-22,24,30,39H,9-12,16-18H2,1H3. The van der Waals surface area contributed by atoms with E-state index in [9.17, 15) is 18.0 Å². The van der Waals surface area contributed by atoms with E-state index in [2.05, 4.69) is 20.7 Å². The van der Waals surface area contributed by atoms with Gasteiger partial charge in [-0.3, -0.25) is 4.72 Å². The maximum Gasteiger partial charge on any atom is 0.573 e. The van der Waals surface area contributed by atoms with Crippen LogP contribution in [0.4, 0.5) is 13.2 Å². The van der Waals surface area contributed by atoms with Gasteiger partial charge in [0.25, 0.3) is 0 Å². The number of hydrogen-bond donors (Lipinski definition) is 1. The highest BCUT2D eigenvalue weighted by atomic mass is 32.2. The van der Waals surface area contributed by atoms with E-state index >= 15 is 0 Å². The fourth-order valence-electron chi connectivity index (χ4n) is 6.94. The van der Waals surface area contributed by atoms with Crippen LogP contribution < -0.4 is 9.46 Å². The van der Waals surface area contributed by atoms with E-state index < -0.39 is 6.36 Å². The summed E-state index contributed by atoms with van der Waals surface area (Å²) >= 11 is 1.63. The van der Waals surface area contributed by atoms with Crippen molar-refractivity contribution in [2.45, 2.75) is 74.5 Å². The molecule has 1 N–H and O–H groups in total. The lowest BCUT2D eigenvalue weighted by Gasteiger charge is -2.35. The van der Waals surface area contributed by atoms with Gasteiger partial charge in [-0.05, 0) is 103 Å². The Morgan fingerprint density at radius 1 is 1.02 bits per heavy atom. The highest BCUT2D eigenvalue weighted by molar-refractivity contribution is 7.97. The van der Waals surface area contributed by atoms with Gasteiger partial charge in [0.15, 0.2) is 0 Å². The van der Waals surface area contributed by atoms with Crippen molar-refractivity contribution in [1.82, 2.24) is 9.88 Å². The lowest BCUT2D eigenvalue weighted by molar-refractivity contribution is -0.274. The summed E-state index contributed by atoms with van der Waals surface area (Å²) in [7, 11) is 1.38. The molecule has 0 radical (unpaired) electrons. The number of alkyl halides is 3. The Kier molecular flexibility index (Phi) is 8.26. The molecule has 2 bridgehead atoms. The van der Waals surface area contributed by atoms with Crippen molar-refractivity contribution in [2.75, 3.05) is 7.11 Å². The predicted molar refractivity (Wildman–Crippen MR) is 163 cm³/mol. The minimum absolute atomic E-state index is 0.0383. The highest BCUT2D eigenvalue weighted by Gasteiger charge is 2.43. The van der Waals surface area contributed by atoms with E-state index in [-0.39, 0.29) is 35.9 Å². The van der Waals surface area contributed by atoms with Crippen LogP contribution in [0.25, 0.3) is 22.0 Å². The van der Waals surface area contributed by atoms with E-state index in [0.29, 0.717) is 40.5 Å². The molecule has 4 aromatic rings. The number of methoxy groups -OCH3 is 1. The molecule has 11 heteroatoms. The fourth-order valence-corrected chi connectivity index (χ4v) is 8.03. The summed E-state index contributed by atoms with van der Waals surface area (Å²) in [4.78, 5) is 13.1. The molecular formula is C34H33F3N2O5S. The maximum absolute atomic E-state index is 13.1. The molecular weight excluding hydrogens is 605 g/mol. The molecule has 236 valence electrons. The molecule has 0 aliphatic heterocycles. The summed E-state index contributed by atoms with van der Waals surface area (Å²) in [6.07, 6.45) is 1.19. The van der Waals surface area contributed by atoms with Crippen LogP contribution in [0.1, 0.15) is 66.1 Å². The van der Waals surface area contributed by atoms with Crippen molar-refractivity contribution in [3.63, 3.8) is 0 Å². The van der Waals surface area contributed by atoms with Crippen LogP contribution in [0.5, 0.6) is 5.75 Å². The average Bonchev–Trinajstić information content (AvgIpc) is 3.74. The van der Waals surface area contributed by atoms with E-state index in [1.54, 1.807) is 30.1 Å². The Bertz CT molecular complexity index is 1690. The molecule has 3 fully saturated rings. The molecule has 45 heavy (non-hydrogen) atoms. The van der Waals surface area contributed by atoms with Crippen LogP contribution in [0.2, 0.25) is 0 Å². The monoisotopic (exact) mass is 638 g/mol. The SMILES string of the molecule is COC(=O)c1ccc2c(SNC3C4CCC3CC(OCc3c(-c5ccccc5OC(F)(F)F)noc3C3CC3)C4)cccc2c1. The Hall–Kier alpha value is -3.54. The normalized spacial score (nSPS) is 22.9. The number of carbonyl (C=O) groups is 1. The average molecular weight is 639 g/mol. The summed E-state index contributed by atoms with van der Waals surface area (Å²) in [5, 5.41) is 6.27. The molecule has 7 nitrogen and oxygen atoms in total. The maximum atomic E-state index is 13.1. The summed E-state index contributed by atoms with van der Waals surface area (Å²) < 4.78 is 64.6. The van der Waals surface area contributed by atoms with Gasteiger partial charge in [-0.25, -0.2) is 4.79 Å². The number of carbonyl (C=O) groups excluding carboxylic acids is 1. The van der Waals surface area contributed by atoms with E-state index in [1.807, 2.05) is 24.3 Å². The second-order valence-corrected chi connectivity index (χ2v) is 13.0. The van der Waals surface area contributed by atoms with Crippen molar-refractivity contribution in [1.29, 1.82) is 0 Å². The molecule has 2 atom stereocenters. The number of esters is 1. The van der Waals surface area contributed by atoms with Gasteiger partial charge in [-0.15, -0.1) is 13.2 Å². The van der Waals surface area contributed by atoms with Crippen LogP contribution in [0, 0.1) is 11.8 Å². The van der Waals surface area contributed by atoms with Gasteiger partial charge >= 0.3 is 12.3 Å². The number of nitrogens with one attached hydrogen (secondary N) is 1. The highest BCUT2D eigenvalue weighted by Crippen LogP contribution is 2.48. The molecule has 1 aromatic heterocycles. The molecule has 3 aromatic carbocycles. The number of fused-ring (bicyclic) bond motifs is 3. The minimum Gasteiger partial charge on any atom is -0.465 e. The zero-order valence-corrected chi connectivity index (χ0v) is 25.5. The number of aromatic nitrogens is 1. The van der Waals surface area contributed by atoms with E-state index in [1.165, 1.54) is 19.2 Å². The third kappa shape index (κ3) is 6.43. The van der Waals surface area contributed by atoms with Gasteiger partial charge in [0.05, 0.1) is 25.4 Å². The quantitative estimate of drug-likeness (QED) is 0.137. The van der Waals surface area contributed by atoms with E-state index in [0.717, 1.165) is 54.2 Å². The van der Waals surface area contributed by atoms with Gasteiger partial charge in [-0.2, -0.15) is 0 Å². The summed E-state index contributed by atoms with van der Waals surface area (Å²) in [6.45, 7) is 0.228. The van der Waals surface area contributed by atoms with E-state index in [4.69, 9.17) is 14.0 Å². The Morgan fingerprint density at radius 3 is 2.53 bits per heavy atom. The molecule has 3 aliphatic rings. The Balaban J connectivity index is 1.02. The van der Waals surface area contributed by atoms with Gasteiger partial charge in [0.1, 0.15) is 17.2 Å². The number of benzene rings is 3. The predicted octanol–water partition coefficient (Wildman–Crippen LogP) is 8.43. The van der Waals surface area contributed by atoms with Gasteiger partial charge in [0, 0.05) is 28.0 Å². The minimum atomic E-state index is -4.82. The molecule has 3 aliphatic carbocycles. The van der Waals surface area contributed by atoms with Gasteiger partial charge in [-0.1, -0.05) is 35.5 Å². The largest absolute Gasteiger partial charge is 0.573 e. The first-order valence-electron chi connectivity index (χ1n) is 15.3. The van der Waals surface area contributed by atoms with Crippen LogP contribution in [-0.4, -0.2) is 36.7 Å². The van der Waals surface area contributed by atoms with Crippen molar-refractivity contribution in [3.05, 3.63) is 77.6 Å². The number of hydrogen-bond acceptors (Lipinski definition) is 8. The molecule has 0 amide bonds. The van der Waals surface area contributed by atoms with Gasteiger partial charge in [0.2, 0.25) is 0 Å². The third-order valence-corrected chi connectivity index (χ3v) is 10.2. The summed E-state index contributed by atoms with van der Waals surface area (Å²) in [6, 6.07) is 18.1. The lowest BCUT2D eigenvalue weighted by atomic mass is 9.83. The summed E-state index contributed by atoms with van der Waals surface area (Å²) in [5.41, 5.74) is 1.83. The molecule has 1 heterocycles. The van der Waals surface area contributed by atoms with Crippen LogP contribution in [0.15, 0.2) is 70.1 Å². The van der Waals surface area contributed by atoms with Crippen molar-refractivity contribution in [2.24, 2.45) is 11.8 Å². The number of halogens is 3. The zero-order valence-electron chi connectivity index (χ0n) is 24.6. The lowest BCUT2D eigenvalue weighted by Crippen LogP contribution is -2.41. The molecule has 2 unspecified atom stereocenters. The van der Waals surface area contributed by atoms with Crippen LogP contribution in [0.3, 0.4) is 0 Å². The first-order valence-corrected chi connectivity index (χ1v) is 16.1. The first kappa shape index (κ1) is 30.1. The topological polar surface area (TPSA) is 82.8 Å². The van der Waals surface area contributed by atoms with Crippen molar-refractivity contribution in [3.8, 4) is 17.0 Å². The van der Waals surface area contributed by atoms with Crippen molar-refractivity contribution < 1.29 is 36.7 Å². The zero-order chi connectivity index (χ0) is 31.1. The third-order valence-electron chi connectivity index (χ3n) is 9.22. The first-order chi connectivity index (χ1) is 21.8. The second kappa shape index (κ2) is 12.3. The fraction of sp³-hybridized carbons (Fsp3) is 0.412. The van der Waals surface area contributed by atoms with Crippen LogP contribution in [-0.2, 0) is 16.1 Å². The molecule has 3 saturated carbocycles. The Labute approximate surface area is 262 Å². The Morgan fingerprint density at radius 2 is 1.80 bits per heavy atom. The number of nitrogens with zero attached hydrogens (tertiary/aromatic N) is 1. The molecule has 7 rings (SSSR count). The number of rotatable bonds is 10. The summed E-state index contributed by atoms with van der Waals surface area (Å²) in [5.74, 6) is 1.16. The number of ether oxygens (including phenoxy) is 3. The number of para-hydroxylation sites is 1. The van der Waals surface area contributed by atoms with Crippen molar-refractivity contribution >= 4 is 28.7 Å². The smallest absolute Gasteiger partial charge is 0.465 e. The molecule has 0 saturated heterocycles.